The van der Waals surface area contributed by atoms with Crippen LogP contribution < -0.4 is 5.32 Å². The third-order valence-electron chi connectivity index (χ3n) is 3.37. The molecule has 0 radical (unpaired) electrons. The first-order valence-corrected chi connectivity index (χ1v) is 6.42. The number of hydrogen-bond donors (Lipinski definition) is 1. The predicted octanol–water partition coefficient (Wildman–Crippen LogP) is 2.29. The first-order chi connectivity index (χ1) is 8.40. The summed E-state index contributed by atoms with van der Waals surface area (Å²) < 4.78 is 10.6. The van der Waals surface area contributed by atoms with Crippen LogP contribution in [0.25, 0.3) is 0 Å². The van der Waals surface area contributed by atoms with E-state index in [1.165, 1.54) is 18.5 Å². The molecule has 17 heavy (non-hydrogen) atoms. The van der Waals surface area contributed by atoms with Crippen molar-refractivity contribution in [2.45, 2.75) is 25.0 Å². The van der Waals surface area contributed by atoms with Gasteiger partial charge in [-0.2, -0.15) is 0 Å². The number of benzene rings is 1. The van der Waals surface area contributed by atoms with Crippen LogP contribution >= 0.6 is 0 Å². The summed E-state index contributed by atoms with van der Waals surface area (Å²) in [7, 11) is 0. The number of ether oxygens (including phenoxy) is 2. The van der Waals surface area contributed by atoms with Crippen LogP contribution in [0.3, 0.4) is 0 Å². The molecule has 0 aliphatic carbocycles. The van der Waals surface area contributed by atoms with Crippen LogP contribution in [0.5, 0.6) is 0 Å². The SMILES string of the molecule is c1ccc(NCC(CC2CO2)CC2CO2)cc1. The van der Waals surface area contributed by atoms with E-state index in [-0.39, 0.29) is 0 Å². The van der Waals surface area contributed by atoms with E-state index in [0.717, 1.165) is 19.8 Å². The van der Waals surface area contributed by atoms with Crippen molar-refractivity contribution in [1.82, 2.24) is 0 Å². The predicted molar refractivity (Wildman–Crippen MR) is 67.1 cm³/mol. The van der Waals surface area contributed by atoms with Gasteiger partial charge in [-0.3, -0.25) is 0 Å². The van der Waals surface area contributed by atoms with Crippen LogP contribution in [-0.4, -0.2) is 32.0 Å². The summed E-state index contributed by atoms with van der Waals surface area (Å²) in [5.41, 5.74) is 1.20. The van der Waals surface area contributed by atoms with Crippen molar-refractivity contribution in [3.63, 3.8) is 0 Å². The molecule has 1 N–H and O–H groups in total. The molecule has 0 spiro atoms. The molecule has 2 atom stereocenters. The normalized spacial score (nSPS) is 27.5. The van der Waals surface area contributed by atoms with Gasteiger partial charge in [-0.05, 0) is 30.9 Å². The molecular formula is C14H19NO2. The van der Waals surface area contributed by atoms with E-state index in [2.05, 4.69) is 29.6 Å². The standard InChI is InChI=1S/C14H19NO2/c1-2-4-12(5-3-1)15-8-11(6-13-9-16-13)7-14-10-17-14/h1-5,11,13-15H,6-10H2. The molecule has 2 saturated heterocycles. The molecule has 0 amide bonds. The van der Waals surface area contributed by atoms with Crippen molar-refractivity contribution in [2.75, 3.05) is 25.1 Å². The molecule has 2 fully saturated rings. The summed E-state index contributed by atoms with van der Waals surface area (Å²) in [6, 6.07) is 10.4. The highest BCUT2D eigenvalue weighted by molar-refractivity contribution is 5.42. The first-order valence-electron chi connectivity index (χ1n) is 6.42. The highest BCUT2D eigenvalue weighted by atomic mass is 16.6. The number of para-hydroxylation sites is 1. The fraction of sp³-hybridized carbons (Fsp3) is 0.571. The van der Waals surface area contributed by atoms with Crippen molar-refractivity contribution in [3.8, 4) is 0 Å². The Labute approximate surface area is 102 Å². The van der Waals surface area contributed by atoms with Gasteiger partial charge in [0, 0.05) is 12.2 Å². The number of nitrogens with one attached hydrogen (secondary N) is 1. The molecule has 1 aromatic rings. The lowest BCUT2D eigenvalue weighted by molar-refractivity contribution is 0.315. The zero-order valence-corrected chi connectivity index (χ0v) is 9.97. The maximum atomic E-state index is 5.32. The van der Waals surface area contributed by atoms with Gasteiger partial charge in [0.05, 0.1) is 25.4 Å². The smallest absolute Gasteiger partial charge is 0.0813 e. The Hall–Kier alpha value is -1.06. The third kappa shape index (κ3) is 3.72. The Morgan fingerprint density at radius 3 is 2.18 bits per heavy atom. The van der Waals surface area contributed by atoms with Crippen LogP contribution in [0.2, 0.25) is 0 Å². The lowest BCUT2D eigenvalue weighted by Gasteiger charge is -2.16. The van der Waals surface area contributed by atoms with Gasteiger partial charge >= 0.3 is 0 Å². The maximum Gasteiger partial charge on any atom is 0.0813 e. The minimum Gasteiger partial charge on any atom is -0.385 e. The fourth-order valence-electron chi connectivity index (χ4n) is 2.23. The van der Waals surface area contributed by atoms with Gasteiger partial charge in [0.15, 0.2) is 0 Å². The van der Waals surface area contributed by atoms with E-state index in [0.29, 0.717) is 18.1 Å². The van der Waals surface area contributed by atoms with Crippen LogP contribution in [0, 0.1) is 5.92 Å². The van der Waals surface area contributed by atoms with Crippen LogP contribution in [0.1, 0.15) is 12.8 Å². The molecule has 0 aromatic heterocycles. The quantitative estimate of drug-likeness (QED) is 0.734. The van der Waals surface area contributed by atoms with Crippen molar-refractivity contribution in [3.05, 3.63) is 30.3 Å². The summed E-state index contributed by atoms with van der Waals surface area (Å²) in [6.07, 6.45) is 3.35. The molecule has 2 aliphatic rings. The second kappa shape index (κ2) is 5.07. The average molecular weight is 233 g/mol. The zero-order valence-electron chi connectivity index (χ0n) is 9.97. The van der Waals surface area contributed by atoms with Gasteiger partial charge in [-0.25, -0.2) is 0 Å². The van der Waals surface area contributed by atoms with Gasteiger partial charge in [-0.1, -0.05) is 18.2 Å². The molecule has 2 heterocycles. The molecular weight excluding hydrogens is 214 g/mol. The average Bonchev–Trinajstić information content (AvgIpc) is 3.23. The second-order valence-electron chi connectivity index (χ2n) is 5.00. The zero-order chi connectivity index (χ0) is 11.5. The fourth-order valence-corrected chi connectivity index (χ4v) is 2.23. The minimum atomic E-state index is 0.510. The molecule has 2 unspecified atom stereocenters. The Balaban J connectivity index is 1.48. The minimum absolute atomic E-state index is 0.510. The highest BCUT2D eigenvalue weighted by Crippen LogP contribution is 2.27. The number of epoxide rings is 2. The topological polar surface area (TPSA) is 37.1 Å². The molecule has 3 heteroatoms. The Kier molecular flexibility index (Phi) is 3.29. The molecule has 0 bridgehead atoms. The molecule has 2 aliphatic heterocycles. The first kappa shape index (κ1) is 11.1. The maximum absolute atomic E-state index is 5.32. The summed E-state index contributed by atoms with van der Waals surface area (Å²) in [6.45, 7) is 2.92. The van der Waals surface area contributed by atoms with E-state index in [4.69, 9.17) is 9.47 Å². The summed E-state index contributed by atoms with van der Waals surface area (Å²) >= 11 is 0. The van der Waals surface area contributed by atoms with Crippen molar-refractivity contribution < 1.29 is 9.47 Å². The van der Waals surface area contributed by atoms with Crippen LogP contribution in [0.15, 0.2) is 30.3 Å². The third-order valence-corrected chi connectivity index (χ3v) is 3.37. The van der Waals surface area contributed by atoms with Crippen molar-refractivity contribution >= 4 is 5.69 Å². The van der Waals surface area contributed by atoms with Crippen molar-refractivity contribution in [1.29, 1.82) is 0 Å². The molecule has 3 rings (SSSR count). The van der Waals surface area contributed by atoms with E-state index in [1.807, 2.05) is 6.07 Å². The lowest BCUT2D eigenvalue weighted by Crippen LogP contribution is -2.18. The monoisotopic (exact) mass is 233 g/mol. The molecule has 3 nitrogen and oxygen atoms in total. The van der Waals surface area contributed by atoms with Gasteiger partial charge in [-0.15, -0.1) is 0 Å². The number of rotatable bonds is 7. The van der Waals surface area contributed by atoms with E-state index >= 15 is 0 Å². The van der Waals surface area contributed by atoms with Crippen LogP contribution in [-0.2, 0) is 9.47 Å². The van der Waals surface area contributed by atoms with E-state index < -0.39 is 0 Å². The van der Waals surface area contributed by atoms with Gasteiger partial charge in [0.25, 0.3) is 0 Å². The Morgan fingerprint density at radius 1 is 1.06 bits per heavy atom. The van der Waals surface area contributed by atoms with Gasteiger partial charge < -0.3 is 14.8 Å². The Morgan fingerprint density at radius 2 is 1.65 bits per heavy atom. The summed E-state index contributed by atoms with van der Waals surface area (Å²) in [4.78, 5) is 0. The molecule has 0 saturated carbocycles. The number of hydrogen-bond acceptors (Lipinski definition) is 3. The highest BCUT2D eigenvalue weighted by Gasteiger charge is 2.31. The summed E-state index contributed by atoms with van der Waals surface area (Å²) in [5, 5.41) is 3.50. The van der Waals surface area contributed by atoms with Gasteiger partial charge in [0.2, 0.25) is 0 Å². The number of anilines is 1. The van der Waals surface area contributed by atoms with E-state index in [9.17, 15) is 0 Å². The largest absolute Gasteiger partial charge is 0.385 e. The lowest BCUT2D eigenvalue weighted by atomic mass is 9.97. The molecule has 1 aromatic carbocycles. The van der Waals surface area contributed by atoms with Crippen molar-refractivity contribution in [2.24, 2.45) is 5.92 Å². The Bertz CT molecular complexity index is 332. The second-order valence-corrected chi connectivity index (χ2v) is 5.00. The van der Waals surface area contributed by atoms with Gasteiger partial charge in [0.1, 0.15) is 0 Å². The van der Waals surface area contributed by atoms with Crippen LogP contribution in [0.4, 0.5) is 5.69 Å². The summed E-state index contributed by atoms with van der Waals surface area (Å²) in [5.74, 6) is 0.662. The van der Waals surface area contributed by atoms with E-state index in [1.54, 1.807) is 0 Å². The molecule has 92 valence electrons.